The van der Waals surface area contributed by atoms with Crippen LogP contribution < -0.4 is 5.73 Å². The second-order valence-electron chi connectivity index (χ2n) is 6.52. The van der Waals surface area contributed by atoms with Crippen LogP contribution in [0.3, 0.4) is 0 Å². The van der Waals surface area contributed by atoms with Crippen LogP contribution in [0.15, 0.2) is 30.3 Å². The van der Waals surface area contributed by atoms with Crippen LogP contribution in [0.25, 0.3) is 0 Å². The zero-order valence-electron chi connectivity index (χ0n) is 14.1. The third-order valence-corrected chi connectivity index (χ3v) is 4.59. The molecule has 1 aromatic rings. The second kappa shape index (κ2) is 7.99. The predicted molar refractivity (Wildman–Crippen MR) is 91.0 cm³/mol. The maximum atomic E-state index is 12.7. The summed E-state index contributed by atoms with van der Waals surface area (Å²) < 4.78 is 0. The van der Waals surface area contributed by atoms with Crippen LogP contribution in [0, 0.1) is 5.92 Å². The van der Waals surface area contributed by atoms with Gasteiger partial charge in [-0.2, -0.15) is 0 Å². The van der Waals surface area contributed by atoms with Gasteiger partial charge in [0.25, 0.3) is 0 Å². The molecule has 0 bridgehead atoms. The number of rotatable bonds is 4. The molecule has 1 aliphatic heterocycles. The maximum Gasteiger partial charge on any atom is 0.314 e. The van der Waals surface area contributed by atoms with E-state index >= 15 is 0 Å². The molecule has 2 rings (SSSR count). The molecular weight excluding hydrogens is 290 g/mol. The molecule has 0 aromatic heterocycles. The van der Waals surface area contributed by atoms with Gasteiger partial charge in [-0.25, -0.2) is 4.79 Å². The third-order valence-electron chi connectivity index (χ3n) is 4.59. The molecule has 126 valence electrons. The first-order valence-electron chi connectivity index (χ1n) is 8.36. The Kier molecular flexibility index (Phi) is 6.02. The number of hydrogen-bond acceptors (Lipinski definition) is 2. The average Bonchev–Trinajstić information content (AvgIpc) is 2.79. The van der Waals surface area contributed by atoms with Gasteiger partial charge in [-0.3, -0.25) is 4.79 Å². The minimum Gasteiger partial charge on any atom is -0.351 e. The van der Waals surface area contributed by atoms with Crippen molar-refractivity contribution in [1.82, 2.24) is 9.80 Å². The first-order chi connectivity index (χ1) is 11.0. The summed E-state index contributed by atoms with van der Waals surface area (Å²) in [5.74, 6) is 0.786. The normalized spacial score (nSPS) is 17.0. The molecule has 1 aliphatic rings. The van der Waals surface area contributed by atoms with Crippen LogP contribution in [0.5, 0.6) is 0 Å². The topological polar surface area (TPSA) is 66.6 Å². The summed E-state index contributed by atoms with van der Waals surface area (Å²) in [7, 11) is 0. The fourth-order valence-electron chi connectivity index (χ4n) is 3.14. The molecule has 1 fully saturated rings. The fraction of sp³-hybridized carbons (Fsp3) is 0.556. The van der Waals surface area contributed by atoms with Gasteiger partial charge in [-0.1, -0.05) is 44.2 Å². The largest absolute Gasteiger partial charge is 0.351 e. The van der Waals surface area contributed by atoms with Crippen molar-refractivity contribution in [3.8, 4) is 0 Å². The predicted octanol–water partition coefficient (Wildman–Crippen LogP) is 2.43. The van der Waals surface area contributed by atoms with Gasteiger partial charge in [-0.05, 0) is 23.8 Å². The fourth-order valence-corrected chi connectivity index (χ4v) is 3.14. The SMILES string of the molecule is CC(C)[C@@H](CC(=O)N1CCCN(C(N)=O)CC1)c1ccccc1. The Labute approximate surface area is 138 Å². The zero-order valence-corrected chi connectivity index (χ0v) is 14.1. The molecular formula is C18H27N3O2. The number of urea groups is 1. The van der Waals surface area contributed by atoms with Crippen LogP contribution in [-0.2, 0) is 4.79 Å². The van der Waals surface area contributed by atoms with Crippen molar-refractivity contribution >= 4 is 11.9 Å². The third kappa shape index (κ3) is 4.71. The van der Waals surface area contributed by atoms with E-state index in [0.29, 0.717) is 38.5 Å². The van der Waals surface area contributed by atoms with E-state index in [-0.39, 0.29) is 11.8 Å². The summed E-state index contributed by atoms with van der Waals surface area (Å²) in [6, 6.07) is 9.82. The standard InChI is InChI=1S/C18H27N3O2/c1-14(2)16(15-7-4-3-5-8-15)13-17(22)20-9-6-10-21(12-11-20)18(19)23/h3-5,7-8,14,16H,6,9-13H2,1-2H3,(H2,19,23)/t16-/m1/s1. The monoisotopic (exact) mass is 317 g/mol. The van der Waals surface area contributed by atoms with E-state index in [2.05, 4.69) is 26.0 Å². The quantitative estimate of drug-likeness (QED) is 0.927. The first kappa shape index (κ1) is 17.3. The highest BCUT2D eigenvalue weighted by atomic mass is 16.2. The molecule has 0 saturated carbocycles. The summed E-state index contributed by atoms with van der Waals surface area (Å²) in [6.45, 7) is 6.73. The molecule has 1 aromatic carbocycles. The lowest BCUT2D eigenvalue weighted by Gasteiger charge is -2.26. The van der Waals surface area contributed by atoms with E-state index < -0.39 is 6.03 Å². The number of nitrogens with zero attached hydrogens (tertiary/aromatic N) is 2. The molecule has 1 heterocycles. The molecule has 1 atom stereocenters. The molecule has 3 amide bonds. The summed E-state index contributed by atoms with van der Waals surface area (Å²) >= 11 is 0. The van der Waals surface area contributed by atoms with Crippen molar-refractivity contribution in [3.63, 3.8) is 0 Å². The highest BCUT2D eigenvalue weighted by molar-refractivity contribution is 5.77. The molecule has 5 nitrogen and oxygen atoms in total. The van der Waals surface area contributed by atoms with Crippen molar-refractivity contribution in [3.05, 3.63) is 35.9 Å². The lowest BCUT2D eigenvalue weighted by Crippen LogP contribution is -2.40. The lowest BCUT2D eigenvalue weighted by atomic mass is 9.85. The Morgan fingerprint density at radius 1 is 1.04 bits per heavy atom. The highest BCUT2D eigenvalue weighted by Crippen LogP contribution is 2.28. The number of hydrogen-bond donors (Lipinski definition) is 1. The zero-order chi connectivity index (χ0) is 16.8. The van der Waals surface area contributed by atoms with Gasteiger partial charge in [-0.15, -0.1) is 0 Å². The minimum atomic E-state index is -0.399. The Morgan fingerprint density at radius 2 is 1.65 bits per heavy atom. The van der Waals surface area contributed by atoms with Crippen molar-refractivity contribution in [2.24, 2.45) is 11.7 Å². The Balaban J connectivity index is 2.00. The highest BCUT2D eigenvalue weighted by Gasteiger charge is 2.25. The number of carbonyl (C=O) groups is 2. The average molecular weight is 317 g/mol. The summed E-state index contributed by atoms with van der Waals surface area (Å²) in [5.41, 5.74) is 6.55. The number of amides is 3. The van der Waals surface area contributed by atoms with E-state index in [4.69, 9.17) is 5.73 Å². The second-order valence-corrected chi connectivity index (χ2v) is 6.52. The minimum absolute atomic E-state index is 0.166. The van der Waals surface area contributed by atoms with Crippen LogP contribution in [0.1, 0.15) is 38.2 Å². The molecule has 5 heteroatoms. The number of benzene rings is 1. The van der Waals surface area contributed by atoms with Gasteiger partial charge in [0.1, 0.15) is 0 Å². The Hall–Kier alpha value is -2.04. The van der Waals surface area contributed by atoms with Gasteiger partial charge in [0, 0.05) is 32.6 Å². The molecule has 0 radical (unpaired) electrons. The summed E-state index contributed by atoms with van der Waals surface area (Å²) in [5, 5.41) is 0. The summed E-state index contributed by atoms with van der Waals surface area (Å²) in [6.07, 6.45) is 1.30. The molecule has 2 N–H and O–H groups in total. The van der Waals surface area contributed by atoms with Crippen LogP contribution >= 0.6 is 0 Å². The van der Waals surface area contributed by atoms with Crippen LogP contribution in [0.2, 0.25) is 0 Å². The van der Waals surface area contributed by atoms with Crippen molar-refractivity contribution in [1.29, 1.82) is 0 Å². The van der Waals surface area contributed by atoms with Crippen molar-refractivity contribution in [2.75, 3.05) is 26.2 Å². The lowest BCUT2D eigenvalue weighted by molar-refractivity contribution is -0.131. The number of carbonyl (C=O) groups excluding carboxylic acids is 2. The molecule has 0 unspecified atom stereocenters. The Bertz CT molecular complexity index is 530. The van der Waals surface area contributed by atoms with Gasteiger partial charge >= 0.3 is 6.03 Å². The first-order valence-corrected chi connectivity index (χ1v) is 8.36. The van der Waals surface area contributed by atoms with E-state index in [1.54, 1.807) is 4.90 Å². The van der Waals surface area contributed by atoms with Crippen LogP contribution in [-0.4, -0.2) is 47.9 Å². The summed E-state index contributed by atoms with van der Waals surface area (Å²) in [4.78, 5) is 27.5. The number of primary amides is 1. The number of nitrogens with two attached hydrogens (primary N) is 1. The Morgan fingerprint density at radius 3 is 2.26 bits per heavy atom. The van der Waals surface area contributed by atoms with Crippen molar-refractivity contribution in [2.45, 2.75) is 32.6 Å². The maximum absolute atomic E-state index is 12.7. The molecule has 0 aliphatic carbocycles. The molecule has 1 saturated heterocycles. The van der Waals surface area contributed by atoms with E-state index in [0.717, 1.165) is 6.42 Å². The van der Waals surface area contributed by atoms with Gasteiger partial charge in [0.05, 0.1) is 0 Å². The van der Waals surface area contributed by atoms with Gasteiger partial charge in [0.15, 0.2) is 0 Å². The smallest absolute Gasteiger partial charge is 0.314 e. The molecule has 23 heavy (non-hydrogen) atoms. The van der Waals surface area contributed by atoms with Gasteiger partial charge in [0.2, 0.25) is 5.91 Å². The van der Waals surface area contributed by atoms with E-state index in [9.17, 15) is 9.59 Å². The van der Waals surface area contributed by atoms with Crippen molar-refractivity contribution < 1.29 is 9.59 Å². The molecule has 0 spiro atoms. The van der Waals surface area contributed by atoms with E-state index in [1.807, 2.05) is 23.1 Å². The van der Waals surface area contributed by atoms with E-state index in [1.165, 1.54) is 5.56 Å². The van der Waals surface area contributed by atoms with Crippen LogP contribution in [0.4, 0.5) is 4.79 Å². The van der Waals surface area contributed by atoms with Gasteiger partial charge < -0.3 is 15.5 Å².